The Hall–Kier alpha value is -0.830. The first-order valence-electron chi connectivity index (χ1n) is 15.1. The summed E-state index contributed by atoms with van der Waals surface area (Å²) in [6.07, 6.45) is 18.1. The van der Waals surface area contributed by atoms with Gasteiger partial charge in [0.2, 0.25) is 0 Å². The summed E-state index contributed by atoms with van der Waals surface area (Å²) in [7, 11) is 1.80. The lowest BCUT2D eigenvalue weighted by Gasteiger charge is -2.63. The Balaban J connectivity index is 1.36. The molecule has 0 N–H and O–H groups in total. The van der Waals surface area contributed by atoms with Crippen LogP contribution in [0.2, 0.25) is 0 Å². The third kappa shape index (κ3) is 3.49. The molecule has 5 aliphatic carbocycles. The van der Waals surface area contributed by atoms with E-state index in [4.69, 9.17) is 9.47 Å². The van der Waals surface area contributed by atoms with E-state index >= 15 is 0 Å². The van der Waals surface area contributed by atoms with E-state index in [-0.39, 0.29) is 23.1 Å². The molecular formula is C33H54O3. The normalized spacial score (nSPS) is 47.9. The van der Waals surface area contributed by atoms with Gasteiger partial charge in [-0.15, -0.1) is 0 Å². The number of esters is 1. The second-order valence-electron chi connectivity index (χ2n) is 15.5. The van der Waals surface area contributed by atoms with Crippen LogP contribution in [0.1, 0.15) is 120 Å². The fourth-order valence-corrected chi connectivity index (χ4v) is 11.5. The third-order valence-electron chi connectivity index (χ3n) is 13.7. The number of rotatable bonds is 6. The van der Waals surface area contributed by atoms with Crippen LogP contribution in [0, 0.1) is 50.7 Å². The number of ether oxygens (including phenoxy) is 2. The van der Waals surface area contributed by atoms with Crippen LogP contribution in [-0.2, 0) is 14.3 Å². The van der Waals surface area contributed by atoms with Crippen molar-refractivity contribution in [2.45, 2.75) is 131 Å². The molecule has 5 aliphatic rings. The first kappa shape index (κ1) is 26.8. The average molecular weight is 499 g/mol. The predicted octanol–water partition coefficient (Wildman–Crippen LogP) is 8.36. The Bertz CT molecular complexity index is 918. The molecule has 0 aromatic carbocycles. The molecule has 9 atom stereocenters. The molecule has 0 aromatic heterocycles. The third-order valence-corrected chi connectivity index (χ3v) is 13.7. The van der Waals surface area contributed by atoms with Gasteiger partial charge in [-0.05, 0) is 123 Å². The lowest BCUT2D eigenvalue weighted by atomic mass is 9.41. The lowest BCUT2D eigenvalue weighted by molar-refractivity contribution is -0.181. The summed E-state index contributed by atoms with van der Waals surface area (Å²) in [6, 6.07) is 0. The van der Waals surface area contributed by atoms with Crippen LogP contribution in [0.15, 0.2) is 12.2 Å². The molecule has 0 amide bonds. The highest BCUT2D eigenvalue weighted by molar-refractivity contribution is 5.66. The second-order valence-corrected chi connectivity index (χ2v) is 15.5. The quantitative estimate of drug-likeness (QED) is 0.272. The molecule has 5 saturated carbocycles. The Morgan fingerprint density at radius 1 is 0.944 bits per heavy atom. The molecule has 0 aromatic rings. The van der Waals surface area contributed by atoms with Gasteiger partial charge in [-0.1, -0.05) is 46.8 Å². The number of methoxy groups -OCH3 is 1. The molecule has 204 valence electrons. The molecule has 9 unspecified atom stereocenters. The number of allylic oxidation sites excluding steroid dienone is 1. The van der Waals surface area contributed by atoms with E-state index in [0.717, 1.165) is 30.6 Å². The summed E-state index contributed by atoms with van der Waals surface area (Å²) >= 11 is 0. The van der Waals surface area contributed by atoms with Crippen molar-refractivity contribution in [2.75, 3.05) is 7.11 Å². The van der Waals surface area contributed by atoms with E-state index < -0.39 is 0 Å². The molecule has 5 rings (SSSR count). The molecule has 3 nitrogen and oxygen atoms in total. The minimum absolute atomic E-state index is 0.0923. The smallest absolute Gasteiger partial charge is 0.302 e. The van der Waals surface area contributed by atoms with Crippen molar-refractivity contribution in [1.82, 2.24) is 0 Å². The highest BCUT2D eigenvalue weighted by atomic mass is 16.5. The molecule has 3 heteroatoms. The topological polar surface area (TPSA) is 35.5 Å². The maximum Gasteiger partial charge on any atom is 0.302 e. The van der Waals surface area contributed by atoms with Gasteiger partial charge in [-0.3, -0.25) is 4.79 Å². The van der Waals surface area contributed by atoms with Crippen molar-refractivity contribution in [3.05, 3.63) is 12.2 Å². The minimum Gasteiger partial charge on any atom is -0.462 e. The maximum absolute atomic E-state index is 11.9. The summed E-state index contributed by atoms with van der Waals surface area (Å²) in [4.78, 5) is 11.9. The molecule has 0 heterocycles. The van der Waals surface area contributed by atoms with Gasteiger partial charge in [-0.25, -0.2) is 0 Å². The fourth-order valence-electron chi connectivity index (χ4n) is 11.5. The number of carbonyl (C=O) groups excluding carboxylic acids is 1. The Kier molecular flexibility index (Phi) is 6.19. The second kappa shape index (κ2) is 8.33. The Morgan fingerprint density at radius 2 is 1.61 bits per heavy atom. The van der Waals surface area contributed by atoms with Gasteiger partial charge in [0, 0.05) is 19.4 Å². The highest BCUT2D eigenvalue weighted by Crippen LogP contribution is 2.89. The van der Waals surface area contributed by atoms with E-state index in [1.165, 1.54) is 51.4 Å². The predicted molar refractivity (Wildman–Crippen MR) is 146 cm³/mol. The molecule has 0 bridgehead atoms. The van der Waals surface area contributed by atoms with Crippen LogP contribution in [0.5, 0.6) is 0 Å². The van der Waals surface area contributed by atoms with Gasteiger partial charge < -0.3 is 9.47 Å². The van der Waals surface area contributed by atoms with Gasteiger partial charge >= 0.3 is 5.97 Å². The van der Waals surface area contributed by atoms with E-state index in [9.17, 15) is 4.79 Å². The fraction of sp³-hybridized carbons (Fsp3) is 0.909. The molecule has 2 spiro atoms. The van der Waals surface area contributed by atoms with E-state index in [0.29, 0.717) is 27.6 Å². The molecular weight excluding hydrogens is 444 g/mol. The van der Waals surface area contributed by atoms with Crippen molar-refractivity contribution in [2.24, 2.45) is 50.7 Å². The standard InChI is InChI=1S/C33H54O3/c1-22(11-10-16-28(3,4)35-9)24-14-17-31(8)26-13-12-25-29(5,6)27(36-23(2)34)15-18-32(25)21-33(26,32)20-19-30(24,31)7/h10,16,22,24-27H,11-15,17-21H2,1-9H3/b16-10+. The first-order valence-corrected chi connectivity index (χ1v) is 15.1. The number of hydrogen-bond donors (Lipinski definition) is 0. The van der Waals surface area contributed by atoms with Crippen LogP contribution in [0.25, 0.3) is 0 Å². The highest BCUT2D eigenvalue weighted by Gasteiger charge is 2.82. The minimum atomic E-state index is -0.174. The molecule has 0 radical (unpaired) electrons. The summed E-state index contributed by atoms with van der Waals surface area (Å²) in [5.41, 5.74) is 1.90. The van der Waals surface area contributed by atoms with Crippen molar-refractivity contribution in [3.8, 4) is 0 Å². The van der Waals surface area contributed by atoms with Crippen molar-refractivity contribution < 1.29 is 14.3 Å². The molecule has 36 heavy (non-hydrogen) atoms. The van der Waals surface area contributed by atoms with Crippen molar-refractivity contribution in [1.29, 1.82) is 0 Å². The lowest BCUT2D eigenvalue weighted by Crippen LogP contribution is -2.58. The Morgan fingerprint density at radius 3 is 2.28 bits per heavy atom. The first-order chi connectivity index (χ1) is 16.7. The summed E-state index contributed by atoms with van der Waals surface area (Å²) in [5, 5.41) is 0. The van der Waals surface area contributed by atoms with E-state index in [2.05, 4.69) is 60.6 Å². The zero-order valence-electron chi connectivity index (χ0n) is 24.8. The molecule has 0 aliphatic heterocycles. The van der Waals surface area contributed by atoms with Crippen LogP contribution >= 0.6 is 0 Å². The maximum atomic E-state index is 11.9. The van der Waals surface area contributed by atoms with Crippen molar-refractivity contribution in [3.63, 3.8) is 0 Å². The number of fused-ring (bicyclic) bond motifs is 2. The van der Waals surface area contributed by atoms with Crippen molar-refractivity contribution >= 4 is 5.97 Å². The van der Waals surface area contributed by atoms with Gasteiger partial charge in [0.1, 0.15) is 6.10 Å². The van der Waals surface area contributed by atoms with Gasteiger partial charge in [0.05, 0.1) is 5.60 Å². The summed E-state index contributed by atoms with van der Waals surface area (Å²) in [6.45, 7) is 18.6. The van der Waals surface area contributed by atoms with E-state index in [1.54, 1.807) is 14.0 Å². The average Bonchev–Trinajstić information content (AvgIpc) is 3.37. The monoisotopic (exact) mass is 498 g/mol. The van der Waals surface area contributed by atoms with Gasteiger partial charge in [-0.2, -0.15) is 0 Å². The summed E-state index contributed by atoms with van der Waals surface area (Å²) in [5.74, 6) is 3.02. The largest absolute Gasteiger partial charge is 0.462 e. The van der Waals surface area contributed by atoms with Crippen LogP contribution < -0.4 is 0 Å². The zero-order valence-corrected chi connectivity index (χ0v) is 24.8. The van der Waals surface area contributed by atoms with E-state index in [1.807, 2.05) is 0 Å². The number of hydrogen-bond acceptors (Lipinski definition) is 3. The van der Waals surface area contributed by atoms with Crippen LogP contribution in [-0.4, -0.2) is 24.8 Å². The van der Waals surface area contributed by atoms with Crippen LogP contribution in [0.3, 0.4) is 0 Å². The number of carbonyl (C=O) groups is 1. The molecule has 0 saturated heterocycles. The Labute approximate surface area is 221 Å². The SMILES string of the molecule is COC(C)(C)/C=C/CC(C)C1CCC2(C)C3CCC4C(C)(C)C(OC(C)=O)CCC45CC35CCC12C. The summed E-state index contributed by atoms with van der Waals surface area (Å²) < 4.78 is 11.5. The van der Waals surface area contributed by atoms with Gasteiger partial charge in [0.25, 0.3) is 0 Å². The zero-order chi connectivity index (χ0) is 26.4. The molecule has 5 fully saturated rings. The van der Waals surface area contributed by atoms with Crippen LogP contribution in [0.4, 0.5) is 0 Å². The van der Waals surface area contributed by atoms with Gasteiger partial charge in [0.15, 0.2) is 0 Å².